The van der Waals surface area contributed by atoms with Gasteiger partial charge in [0.1, 0.15) is 11.3 Å². The van der Waals surface area contributed by atoms with Crippen LogP contribution < -0.4 is 16.2 Å². The molecule has 2 atom stereocenters. The molecule has 0 aliphatic carbocycles. The molecule has 0 bridgehead atoms. The number of anilines is 1. The number of aliphatic hydroxyl groups excluding tert-OH is 1. The second-order valence-corrected chi connectivity index (χ2v) is 6.47. The third-order valence-corrected chi connectivity index (χ3v) is 4.39. The van der Waals surface area contributed by atoms with E-state index in [4.69, 9.17) is 11.6 Å². The third kappa shape index (κ3) is 4.30. The van der Waals surface area contributed by atoms with Crippen molar-refractivity contribution in [3.8, 4) is 0 Å². The third-order valence-electron chi connectivity index (χ3n) is 4.18. The van der Waals surface area contributed by atoms with Crippen LogP contribution in [0.3, 0.4) is 0 Å². The number of fused-ring (bicyclic) bond motifs is 1. The molecule has 25 heavy (non-hydrogen) atoms. The highest BCUT2D eigenvalue weighted by atomic mass is 35.5. The van der Waals surface area contributed by atoms with Gasteiger partial charge in [-0.1, -0.05) is 11.6 Å². The SMILES string of the molecule is Cc1cc(Cl)cn2c(=O)c(NC(=O)C[C@H]3NCCC[C@@H]3O)cnc12.Cl. The summed E-state index contributed by atoms with van der Waals surface area (Å²) in [4.78, 5) is 28.9. The highest BCUT2D eigenvalue weighted by Gasteiger charge is 2.25. The predicted molar refractivity (Wildman–Crippen MR) is 98.7 cm³/mol. The summed E-state index contributed by atoms with van der Waals surface area (Å²) >= 11 is 5.99. The molecule has 0 spiro atoms. The van der Waals surface area contributed by atoms with E-state index in [1.165, 1.54) is 16.8 Å². The zero-order valence-electron chi connectivity index (χ0n) is 13.7. The number of nitrogens with zero attached hydrogens (tertiary/aromatic N) is 2. The molecule has 7 nitrogen and oxygen atoms in total. The smallest absolute Gasteiger partial charge is 0.281 e. The quantitative estimate of drug-likeness (QED) is 0.742. The van der Waals surface area contributed by atoms with E-state index in [1.807, 2.05) is 6.92 Å². The minimum atomic E-state index is -0.554. The van der Waals surface area contributed by atoms with Gasteiger partial charge < -0.3 is 15.7 Å². The monoisotopic (exact) mass is 386 g/mol. The van der Waals surface area contributed by atoms with Crippen LogP contribution >= 0.6 is 24.0 Å². The van der Waals surface area contributed by atoms with Gasteiger partial charge >= 0.3 is 0 Å². The van der Waals surface area contributed by atoms with Crippen molar-refractivity contribution in [3.05, 3.63) is 39.4 Å². The number of aryl methyl sites for hydroxylation is 1. The number of aliphatic hydroxyl groups is 1. The van der Waals surface area contributed by atoms with Gasteiger partial charge in [0.15, 0.2) is 0 Å². The first-order chi connectivity index (χ1) is 11.5. The molecule has 1 aliphatic heterocycles. The summed E-state index contributed by atoms with van der Waals surface area (Å²) in [7, 11) is 0. The molecular formula is C16H20Cl2N4O3. The average Bonchev–Trinajstić information content (AvgIpc) is 2.53. The number of piperidine rings is 1. The molecule has 0 unspecified atom stereocenters. The van der Waals surface area contributed by atoms with E-state index in [9.17, 15) is 14.7 Å². The van der Waals surface area contributed by atoms with E-state index in [0.29, 0.717) is 17.1 Å². The zero-order valence-corrected chi connectivity index (χ0v) is 15.2. The van der Waals surface area contributed by atoms with Crippen molar-refractivity contribution in [2.24, 2.45) is 0 Å². The molecule has 1 saturated heterocycles. The summed E-state index contributed by atoms with van der Waals surface area (Å²) < 4.78 is 1.32. The summed E-state index contributed by atoms with van der Waals surface area (Å²) in [5.74, 6) is -0.342. The van der Waals surface area contributed by atoms with Crippen molar-refractivity contribution in [1.29, 1.82) is 0 Å². The van der Waals surface area contributed by atoms with E-state index in [1.54, 1.807) is 6.07 Å². The topological polar surface area (TPSA) is 95.7 Å². The van der Waals surface area contributed by atoms with Crippen molar-refractivity contribution >= 4 is 41.2 Å². The van der Waals surface area contributed by atoms with E-state index >= 15 is 0 Å². The molecule has 1 aliphatic rings. The van der Waals surface area contributed by atoms with Crippen LogP contribution in [0, 0.1) is 6.92 Å². The second kappa shape index (κ2) is 8.14. The number of carbonyl (C=O) groups excluding carboxylic acids is 1. The van der Waals surface area contributed by atoms with Gasteiger partial charge in [-0.2, -0.15) is 0 Å². The minimum Gasteiger partial charge on any atom is -0.391 e. The van der Waals surface area contributed by atoms with E-state index in [2.05, 4.69) is 15.6 Å². The number of pyridine rings is 1. The Bertz CT molecular complexity index is 840. The number of carbonyl (C=O) groups is 1. The maximum absolute atomic E-state index is 12.5. The number of hydrogen-bond donors (Lipinski definition) is 3. The average molecular weight is 387 g/mol. The zero-order chi connectivity index (χ0) is 17.3. The standard InChI is InChI=1S/C16H19ClN4O3.ClH/c1-9-5-10(17)8-21-15(9)19-7-12(16(21)24)20-14(23)6-11-13(22)3-2-4-18-11;/h5,7-8,11,13,18,22H,2-4,6H2,1H3,(H,20,23);1H/t11-,13+;/m1./s1. The number of amides is 1. The molecule has 2 aromatic heterocycles. The number of aromatic nitrogens is 2. The molecule has 0 radical (unpaired) electrons. The Hall–Kier alpha value is -1.67. The Balaban J connectivity index is 0.00000225. The first-order valence-electron chi connectivity index (χ1n) is 7.84. The highest BCUT2D eigenvalue weighted by molar-refractivity contribution is 6.30. The fourth-order valence-corrected chi connectivity index (χ4v) is 3.20. The van der Waals surface area contributed by atoms with Crippen LogP contribution in [0.4, 0.5) is 5.69 Å². The summed E-state index contributed by atoms with van der Waals surface area (Å²) in [6.45, 7) is 2.58. The molecule has 0 saturated carbocycles. The Labute approximate surface area is 155 Å². The number of rotatable bonds is 3. The maximum Gasteiger partial charge on any atom is 0.281 e. The molecule has 0 aromatic carbocycles. The molecule has 1 fully saturated rings. The minimum absolute atomic E-state index is 0. The Morgan fingerprint density at radius 2 is 2.32 bits per heavy atom. The van der Waals surface area contributed by atoms with Gasteiger partial charge in [0, 0.05) is 18.7 Å². The molecule has 9 heteroatoms. The van der Waals surface area contributed by atoms with Crippen molar-refractivity contribution in [3.63, 3.8) is 0 Å². The first kappa shape index (κ1) is 19.7. The summed E-state index contributed by atoms with van der Waals surface area (Å²) in [5.41, 5.74) is 0.958. The normalized spacial score (nSPS) is 20.1. The van der Waals surface area contributed by atoms with Crippen molar-refractivity contribution in [2.45, 2.75) is 38.3 Å². The van der Waals surface area contributed by atoms with Gasteiger partial charge in [-0.15, -0.1) is 12.4 Å². The van der Waals surface area contributed by atoms with Crippen LogP contribution in [0.2, 0.25) is 5.02 Å². The van der Waals surface area contributed by atoms with Crippen LogP contribution in [-0.2, 0) is 4.79 Å². The molecule has 3 rings (SSSR count). The molecule has 3 heterocycles. The molecule has 2 aromatic rings. The lowest BCUT2D eigenvalue weighted by Gasteiger charge is -2.28. The fraction of sp³-hybridized carbons (Fsp3) is 0.438. The molecule has 1 amide bonds. The lowest BCUT2D eigenvalue weighted by atomic mass is 9.98. The maximum atomic E-state index is 12.5. The lowest BCUT2D eigenvalue weighted by molar-refractivity contribution is -0.117. The lowest BCUT2D eigenvalue weighted by Crippen LogP contribution is -2.46. The van der Waals surface area contributed by atoms with E-state index in [-0.39, 0.29) is 36.5 Å². The summed E-state index contributed by atoms with van der Waals surface area (Å²) in [5, 5.41) is 16.0. The largest absolute Gasteiger partial charge is 0.391 e. The molecule has 136 valence electrons. The van der Waals surface area contributed by atoms with Gasteiger partial charge in [0.2, 0.25) is 5.91 Å². The van der Waals surface area contributed by atoms with E-state index < -0.39 is 11.7 Å². The Morgan fingerprint density at radius 3 is 3.04 bits per heavy atom. The Kier molecular flexibility index (Phi) is 6.40. The first-order valence-corrected chi connectivity index (χ1v) is 8.22. The fourth-order valence-electron chi connectivity index (χ4n) is 2.94. The number of hydrogen-bond acceptors (Lipinski definition) is 5. The van der Waals surface area contributed by atoms with Gasteiger partial charge in [0.05, 0.1) is 17.3 Å². The van der Waals surface area contributed by atoms with Crippen LogP contribution in [-0.4, -0.2) is 39.1 Å². The van der Waals surface area contributed by atoms with Gasteiger partial charge in [-0.05, 0) is 37.9 Å². The summed E-state index contributed by atoms with van der Waals surface area (Å²) in [6, 6.07) is 1.42. The van der Waals surface area contributed by atoms with Gasteiger partial charge in [0.25, 0.3) is 5.56 Å². The van der Waals surface area contributed by atoms with Crippen LogP contribution in [0.1, 0.15) is 24.8 Å². The van der Waals surface area contributed by atoms with E-state index in [0.717, 1.165) is 18.5 Å². The van der Waals surface area contributed by atoms with Gasteiger partial charge in [-0.3, -0.25) is 14.0 Å². The van der Waals surface area contributed by atoms with Crippen LogP contribution in [0.5, 0.6) is 0 Å². The van der Waals surface area contributed by atoms with Crippen LogP contribution in [0.25, 0.3) is 5.65 Å². The predicted octanol–water partition coefficient (Wildman–Crippen LogP) is 1.52. The Morgan fingerprint density at radius 1 is 1.56 bits per heavy atom. The molecular weight excluding hydrogens is 367 g/mol. The number of halogens is 2. The second-order valence-electron chi connectivity index (χ2n) is 6.03. The molecule has 3 N–H and O–H groups in total. The van der Waals surface area contributed by atoms with Crippen molar-refractivity contribution in [2.75, 3.05) is 11.9 Å². The number of nitrogens with one attached hydrogen (secondary N) is 2. The van der Waals surface area contributed by atoms with Crippen molar-refractivity contribution < 1.29 is 9.90 Å². The van der Waals surface area contributed by atoms with Crippen LogP contribution in [0.15, 0.2) is 23.3 Å². The summed E-state index contributed by atoms with van der Waals surface area (Å²) in [6.07, 6.45) is 3.92. The van der Waals surface area contributed by atoms with Gasteiger partial charge in [-0.25, -0.2) is 4.98 Å². The highest BCUT2D eigenvalue weighted by Crippen LogP contribution is 2.15. The van der Waals surface area contributed by atoms with Crippen molar-refractivity contribution in [1.82, 2.24) is 14.7 Å².